The highest BCUT2D eigenvalue weighted by molar-refractivity contribution is 5.94. The highest BCUT2D eigenvalue weighted by Gasteiger charge is 2.30. The van der Waals surface area contributed by atoms with Gasteiger partial charge in [0, 0.05) is 24.6 Å². The van der Waals surface area contributed by atoms with Gasteiger partial charge in [0.2, 0.25) is 0 Å². The number of hydrogen-bond donors (Lipinski definition) is 1. The minimum atomic E-state index is -0.962. The Morgan fingerprint density at radius 3 is 2.67 bits per heavy atom. The van der Waals surface area contributed by atoms with Crippen LogP contribution in [0.1, 0.15) is 44.2 Å². The second kappa shape index (κ2) is 6.43. The average Bonchev–Trinajstić information content (AvgIpc) is 3.06. The molecule has 1 amide bonds. The molecule has 1 heterocycles. The highest BCUT2D eigenvalue weighted by Crippen LogP contribution is 2.30. The van der Waals surface area contributed by atoms with Crippen molar-refractivity contribution >= 4 is 11.9 Å². The summed E-state index contributed by atoms with van der Waals surface area (Å²) in [7, 11) is 0. The van der Waals surface area contributed by atoms with Crippen LogP contribution >= 0.6 is 0 Å². The number of nitrogens with zero attached hydrogens (tertiary/aromatic N) is 1. The molecule has 1 unspecified atom stereocenters. The molecule has 0 spiro atoms. The number of rotatable bonds is 3. The van der Waals surface area contributed by atoms with Gasteiger partial charge in [0.1, 0.15) is 5.82 Å². The molecule has 5 heteroatoms. The number of carboxylic acid groups (broad SMARTS) is 1. The van der Waals surface area contributed by atoms with E-state index in [9.17, 15) is 19.1 Å². The number of carbonyl (C=O) groups is 2. The van der Waals surface area contributed by atoms with Crippen LogP contribution in [0.3, 0.4) is 0 Å². The number of benzene rings is 2. The van der Waals surface area contributed by atoms with Gasteiger partial charge in [-0.25, -0.2) is 9.18 Å². The largest absolute Gasteiger partial charge is 0.478 e. The molecule has 1 saturated heterocycles. The van der Waals surface area contributed by atoms with Gasteiger partial charge in [0.25, 0.3) is 5.91 Å². The van der Waals surface area contributed by atoms with Crippen molar-refractivity contribution in [2.45, 2.75) is 19.3 Å². The lowest BCUT2D eigenvalue weighted by atomic mass is 9.93. The van der Waals surface area contributed by atoms with Crippen LogP contribution in [0.2, 0.25) is 0 Å². The van der Waals surface area contributed by atoms with Gasteiger partial charge in [0.15, 0.2) is 0 Å². The topological polar surface area (TPSA) is 57.6 Å². The first-order valence-electron chi connectivity index (χ1n) is 7.85. The Hall–Kier alpha value is -2.69. The highest BCUT2D eigenvalue weighted by atomic mass is 19.1. The van der Waals surface area contributed by atoms with Crippen LogP contribution in [0.15, 0.2) is 42.5 Å². The van der Waals surface area contributed by atoms with Crippen molar-refractivity contribution in [3.63, 3.8) is 0 Å². The van der Waals surface area contributed by atoms with Gasteiger partial charge in [-0.2, -0.15) is 0 Å². The molecule has 0 aliphatic carbocycles. The predicted molar refractivity (Wildman–Crippen MR) is 87.8 cm³/mol. The average molecular weight is 327 g/mol. The first-order valence-corrected chi connectivity index (χ1v) is 7.85. The summed E-state index contributed by atoms with van der Waals surface area (Å²) in [6.45, 7) is 2.63. The predicted octanol–water partition coefficient (Wildman–Crippen LogP) is 3.46. The molecule has 2 aromatic rings. The summed E-state index contributed by atoms with van der Waals surface area (Å²) in [4.78, 5) is 25.6. The van der Waals surface area contributed by atoms with Crippen LogP contribution in [-0.4, -0.2) is 35.0 Å². The molecule has 4 nitrogen and oxygen atoms in total. The zero-order valence-corrected chi connectivity index (χ0v) is 13.3. The molecule has 1 N–H and O–H groups in total. The van der Waals surface area contributed by atoms with Crippen molar-refractivity contribution in [3.05, 3.63) is 70.5 Å². The summed E-state index contributed by atoms with van der Waals surface area (Å²) in [6, 6.07) is 11.4. The number of halogens is 1. The Labute approximate surface area is 139 Å². The quantitative estimate of drug-likeness (QED) is 0.939. The lowest BCUT2D eigenvalue weighted by Gasteiger charge is -2.18. The van der Waals surface area contributed by atoms with E-state index in [1.807, 2.05) is 6.07 Å². The maximum atomic E-state index is 13.7. The van der Waals surface area contributed by atoms with E-state index in [-0.39, 0.29) is 17.4 Å². The van der Waals surface area contributed by atoms with Gasteiger partial charge in [-0.3, -0.25) is 4.79 Å². The van der Waals surface area contributed by atoms with Gasteiger partial charge in [-0.15, -0.1) is 0 Å². The van der Waals surface area contributed by atoms with E-state index in [1.54, 1.807) is 42.2 Å². The fourth-order valence-electron chi connectivity index (χ4n) is 3.15. The first-order chi connectivity index (χ1) is 11.5. The van der Waals surface area contributed by atoms with E-state index in [0.717, 1.165) is 5.56 Å². The summed E-state index contributed by atoms with van der Waals surface area (Å²) in [5.74, 6) is -1.59. The molecular weight excluding hydrogens is 309 g/mol. The second-order valence-electron chi connectivity index (χ2n) is 6.09. The fraction of sp³-hybridized carbons (Fsp3) is 0.263. The van der Waals surface area contributed by atoms with Crippen molar-refractivity contribution in [1.29, 1.82) is 0 Å². The zero-order chi connectivity index (χ0) is 17.3. The van der Waals surface area contributed by atoms with Crippen LogP contribution in [0, 0.1) is 12.7 Å². The maximum absolute atomic E-state index is 13.7. The van der Waals surface area contributed by atoms with Crippen LogP contribution in [0.25, 0.3) is 0 Å². The Morgan fingerprint density at radius 1 is 1.21 bits per heavy atom. The number of carbonyl (C=O) groups excluding carboxylic acids is 1. The van der Waals surface area contributed by atoms with Crippen molar-refractivity contribution < 1.29 is 19.1 Å². The van der Waals surface area contributed by atoms with Crippen molar-refractivity contribution in [2.75, 3.05) is 13.1 Å². The number of aryl methyl sites for hydroxylation is 1. The standard InChI is InChI=1S/C19H18FNO3/c1-12-6-7-13(10-17(12)20)18(22)21-9-8-14(11-21)15-4-2-3-5-16(15)19(23)24/h2-7,10,14H,8-9,11H2,1H3,(H,23,24). The van der Waals surface area contributed by atoms with Crippen molar-refractivity contribution in [2.24, 2.45) is 0 Å². The molecule has 24 heavy (non-hydrogen) atoms. The third-order valence-corrected chi connectivity index (χ3v) is 4.53. The summed E-state index contributed by atoms with van der Waals surface area (Å²) in [5.41, 5.74) is 1.85. The van der Waals surface area contributed by atoms with E-state index in [4.69, 9.17) is 0 Å². The molecular formula is C19H18FNO3. The lowest BCUT2D eigenvalue weighted by Crippen LogP contribution is -2.28. The summed E-state index contributed by atoms with van der Waals surface area (Å²) in [5, 5.41) is 9.31. The Balaban J connectivity index is 1.79. The molecule has 124 valence electrons. The smallest absolute Gasteiger partial charge is 0.335 e. The van der Waals surface area contributed by atoms with E-state index in [2.05, 4.69) is 0 Å². The van der Waals surface area contributed by atoms with Gasteiger partial charge in [-0.05, 0) is 42.7 Å². The minimum Gasteiger partial charge on any atom is -0.478 e. The Morgan fingerprint density at radius 2 is 1.96 bits per heavy atom. The lowest BCUT2D eigenvalue weighted by molar-refractivity contribution is 0.0695. The first kappa shape index (κ1) is 16.2. The van der Waals surface area contributed by atoms with Crippen molar-refractivity contribution in [1.82, 2.24) is 4.90 Å². The van der Waals surface area contributed by atoms with Gasteiger partial charge in [0.05, 0.1) is 5.56 Å². The molecule has 0 aromatic heterocycles. The van der Waals surface area contributed by atoms with Gasteiger partial charge < -0.3 is 10.0 Å². The van der Waals surface area contributed by atoms with Crippen LogP contribution < -0.4 is 0 Å². The second-order valence-corrected chi connectivity index (χ2v) is 6.09. The fourth-order valence-corrected chi connectivity index (χ4v) is 3.15. The minimum absolute atomic E-state index is 0.0171. The molecule has 1 atom stereocenters. The van der Waals surface area contributed by atoms with Gasteiger partial charge in [-0.1, -0.05) is 24.3 Å². The third-order valence-electron chi connectivity index (χ3n) is 4.53. The molecule has 1 aliphatic rings. The molecule has 2 aromatic carbocycles. The number of hydrogen-bond acceptors (Lipinski definition) is 2. The van der Waals surface area contributed by atoms with Crippen LogP contribution in [-0.2, 0) is 0 Å². The van der Waals surface area contributed by atoms with Crippen LogP contribution in [0.5, 0.6) is 0 Å². The molecule has 1 fully saturated rings. The Kier molecular flexibility index (Phi) is 4.34. The SMILES string of the molecule is Cc1ccc(C(=O)N2CCC(c3ccccc3C(=O)O)C2)cc1F. The molecule has 3 rings (SSSR count). The third kappa shape index (κ3) is 3.02. The van der Waals surface area contributed by atoms with Gasteiger partial charge >= 0.3 is 5.97 Å². The number of aromatic carboxylic acids is 1. The Bertz CT molecular complexity index is 803. The summed E-state index contributed by atoms with van der Waals surface area (Å²) in [6.07, 6.45) is 0.699. The monoisotopic (exact) mass is 327 g/mol. The molecule has 1 aliphatic heterocycles. The molecule has 0 saturated carbocycles. The maximum Gasteiger partial charge on any atom is 0.335 e. The number of carboxylic acids is 1. The number of likely N-dealkylation sites (tertiary alicyclic amines) is 1. The molecule has 0 radical (unpaired) electrons. The van der Waals surface area contributed by atoms with E-state index < -0.39 is 11.8 Å². The summed E-state index contributed by atoms with van der Waals surface area (Å²) >= 11 is 0. The number of amides is 1. The van der Waals surface area contributed by atoms with E-state index in [1.165, 1.54) is 6.07 Å². The van der Waals surface area contributed by atoms with Crippen LogP contribution in [0.4, 0.5) is 4.39 Å². The van der Waals surface area contributed by atoms with E-state index in [0.29, 0.717) is 30.6 Å². The molecule has 0 bridgehead atoms. The summed E-state index contributed by atoms with van der Waals surface area (Å²) < 4.78 is 13.7. The zero-order valence-electron chi connectivity index (χ0n) is 13.3. The van der Waals surface area contributed by atoms with Crippen molar-refractivity contribution in [3.8, 4) is 0 Å². The van der Waals surface area contributed by atoms with E-state index >= 15 is 0 Å². The normalized spacial score (nSPS) is 17.1.